The third-order valence-electron chi connectivity index (χ3n) is 4.77. The molecule has 1 aliphatic heterocycles. The van der Waals surface area contributed by atoms with E-state index in [0.29, 0.717) is 18.7 Å². The Balaban J connectivity index is 1.57. The van der Waals surface area contributed by atoms with Gasteiger partial charge in [-0.3, -0.25) is 4.79 Å². The molecule has 2 heterocycles. The number of thioether (sulfide) groups is 1. The van der Waals surface area contributed by atoms with Crippen LogP contribution < -0.4 is 0 Å². The topological polar surface area (TPSA) is 70.5 Å². The number of aromatic carboxylic acids is 1. The first-order chi connectivity index (χ1) is 13.1. The van der Waals surface area contributed by atoms with Gasteiger partial charge in [0.1, 0.15) is 0 Å². The van der Waals surface area contributed by atoms with Gasteiger partial charge in [-0.2, -0.15) is 0 Å². The van der Waals surface area contributed by atoms with E-state index < -0.39 is 5.97 Å². The number of likely N-dealkylation sites (tertiary alicyclic amines) is 1. The molecule has 1 N–H and O–H groups in total. The van der Waals surface area contributed by atoms with Crippen LogP contribution in [0.15, 0.2) is 34.0 Å². The summed E-state index contributed by atoms with van der Waals surface area (Å²) in [5, 5.41) is 10.5. The van der Waals surface area contributed by atoms with Crippen LogP contribution in [0.4, 0.5) is 0 Å². The average Bonchev–Trinajstić information content (AvgIpc) is 3.28. The standard InChI is InChI=1S/C20H24N2O3S2/c1-2-3-4-14-5-7-15(8-6-14)17-9-10-18(23)22(17)11-12-26-20-21-16(13-27-20)19(24)25/h5-8,13,17H,2-4,9-12H2,1H3,(H,24,25). The molecular formula is C20H24N2O3S2. The van der Waals surface area contributed by atoms with Gasteiger partial charge in [-0.05, 0) is 30.4 Å². The number of rotatable bonds is 9. The predicted octanol–water partition coefficient (Wildman–Crippen LogP) is 4.64. The summed E-state index contributed by atoms with van der Waals surface area (Å²) in [4.78, 5) is 29.3. The fourth-order valence-corrected chi connectivity index (χ4v) is 5.11. The number of aromatic nitrogens is 1. The lowest BCUT2D eigenvalue weighted by Crippen LogP contribution is -2.29. The second-order valence-corrected chi connectivity index (χ2v) is 8.84. The Kier molecular flexibility index (Phi) is 6.90. The van der Waals surface area contributed by atoms with Gasteiger partial charge < -0.3 is 10.0 Å². The van der Waals surface area contributed by atoms with Gasteiger partial charge in [0.25, 0.3) is 0 Å². The maximum absolute atomic E-state index is 12.3. The zero-order valence-electron chi connectivity index (χ0n) is 15.4. The molecule has 1 aromatic heterocycles. The second kappa shape index (κ2) is 9.37. The maximum Gasteiger partial charge on any atom is 0.355 e. The summed E-state index contributed by atoms with van der Waals surface area (Å²) in [6.07, 6.45) is 4.95. The summed E-state index contributed by atoms with van der Waals surface area (Å²) >= 11 is 2.84. The molecule has 3 rings (SSSR count). The van der Waals surface area contributed by atoms with E-state index in [2.05, 4.69) is 36.2 Å². The lowest BCUT2D eigenvalue weighted by atomic mass is 10.0. The Bertz CT molecular complexity index is 789. The minimum atomic E-state index is -1.00. The van der Waals surface area contributed by atoms with Gasteiger partial charge in [-0.25, -0.2) is 9.78 Å². The number of amides is 1. The summed E-state index contributed by atoms with van der Waals surface area (Å²) in [7, 11) is 0. The Hall–Kier alpha value is -1.86. The van der Waals surface area contributed by atoms with Crippen LogP contribution in [-0.2, 0) is 11.2 Å². The Morgan fingerprint density at radius 3 is 2.81 bits per heavy atom. The van der Waals surface area contributed by atoms with Crippen molar-refractivity contribution < 1.29 is 14.7 Å². The zero-order chi connectivity index (χ0) is 19.2. The van der Waals surface area contributed by atoms with Crippen LogP contribution in [0.5, 0.6) is 0 Å². The second-order valence-electron chi connectivity index (χ2n) is 6.64. The van der Waals surface area contributed by atoms with Crippen molar-refractivity contribution in [3.63, 3.8) is 0 Å². The van der Waals surface area contributed by atoms with Crippen LogP contribution in [0, 0.1) is 0 Å². The van der Waals surface area contributed by atoms with Crippen molar-refractivity contribution in [1.29, 1.82) is 0 Å². The third-order valence-corrected chi connectivity index (χ3v) is 6.77. The van der Waals surface area contributed by atoms with Gasteiger partial charge in [-0.1, -0.05) is 49.4 Å². The lowest BCUT2D eigenvalue weighted by Gasteiger charge is -2.25. The van der Waals surface area contributed by atoms with Crippen molar-refractivity contribution in [3.05, 3.63) is 46.5 Å². The molecule has 0 saturated carbocycles. The van der Waals surface area contributed by atoms with Crippen LogP contribution in [0.2, 0.25) is 0 Å². The molecule has 0 aliphatic carbocycles. The molecule has 27 heavy (non-hydrogen) atoms. The fraction of sp³-hybridized carbons (Fsp3) is 0.450. The molecule has 1 atom stereocenters. The number of aryl methyl sites for hydroxylation is 1. The summed E-state index contributed by atoms with van der Waals surface area (Å²) in [5.41, 5.74) is 2.64. The van der Waals surface area contributed by atoms with Crippen molar-refractivity contribution in [3.8, 4) is 0 Å². The molecule has 0 spiro atoms. The predicted molar refractivity (Wildman–Crippen MR) is 109 cm³/mol. The SMILES string of the molecule is CCCCc1ccc(C2CCC(=O)N2CCSc2nc(C(=O)O)cs2)cc1. The van der Waals surface area contributed by atoms with E-state index in [1.165, 1.54) is 47.1 Å². The van der Waals surface area contributed by atoms with Crippen LogP contribution in [0.25, 0.3) is 0 Å². The van der Waals surface area contributed by atoms with Gasteiger partial charge >= 0.3 is 5.97 Å². The highest BCUT2D eigenvalue weighted by molar-refractivity contribution is 8.01. The molecule has 1 unspecified atom stereocenters. The number of thiazole rings is 1. The first kappa shape index (κ1) is 19.9. The molecular weight excluding hydrogens is 380 g/mol. The fourth-order valence-electron chi connectivity index (χ4n) is 3.30. The van der Waals surface area contributed by atoms with Gasteiger partial charge in [0.15, 0.2) is 10.0 Å². The highest BCUT2D eigenvalue weighted by atomic mass is 32.2. The Labute approximate surface area is 167 Å². The number of carbonyl (C=O) groups is 2. The third kappa shape index (κ3) is 5.11. The van der Waals surface area contributed by atoms with E-state index >= 15 is 0 Å². The van der Waals surface area contributed by atoms with Crippen molar-refractivity contribution >= 4 is 35.0 Å². The number of unbranched alkanes of at least 4 members (excludes halogenated alkanes) is 1. The number of nitrogens with zero attached hydrogens (tertiary/aromatic N) is 2. The molecule has 2 aromatic rings. The average molecular weight is 405 g/mol. The number of hydrogen-bond acceptors (Lipinski definition) is 5. The molecule has 1 aliphatic rings. The quantitative estimate of drug-likeness (QED) is 0.617. The van der Waals surface area contributed by atoms with Gasteiger partial charge in [-0.15, -0.1) is 11.3 Å². The van der Waals surface area contributed by atoms with Gasteiger partial charge in [0, 0.05) is 24.1 Å². The summed E-state index contributed by atoms with van der Waals surface area (Å²) in [6, 6.07) is 8.83. The number of benzene rings is 1. The van der Waals surface area contributed by atoms with Gasteiger partial charge in [0.05, 0.1) is 6.04 Å². The minimum absolute atomic E-state index is 0.0841. The first-order valence-electron chi connectivity index (χ1n) is 9.28. The monoisotopic (exact) mass is 404 g/mol. The summed E-state index contributed by atoms with van der Waals surface area (Å²) in [6.45, 7) is 2.84. The maximum atomic E-state index is 12.3. The number of carboxylic acid groups (broad SMARTS) is 1. The normalized spacial score (nSPS) is 16.9. The van der Waals surface area contributed by atoms with E-state index in [9.17, 15) is 9.59 Å². The largest absolute Gasteiger partial charge is 0.476 e. The molecule has 0 bridgehead atoms. The molecule has 1 amide bonds. The number of hydrogen-bond donors (Lipinski definition) is 1. The Morgan fingerprint density at radius 2 is 2.15 bits per heavy atom. The van der Waals surface area contributed by atoms with E-state index in [-0.39, 0.29) is 17.6 Å². The molecule has 1 fully saturated rings. The molecule has 1 saturated heterocycles. The number of carboxylic acids is 1. The van der Waals surface area contributed by atoms with Crippen molar-refractivity contribution in [2.24, 2.45) is 0 Å². The molecule has 5 nitrogen and oxygen atoms in total. The molecule has 7 heteroatoms. The van der Waals surface area contributed by atoms with E-state index in [1.54, 1.807) is 5.38 Å². The lowest BCUT2D eigenvalue weighted by molar-refractivity contribution is -0.128. The van der Waals surface area contributed by atoms with E-state index in [4.69, 9.17) is 5.11 Å². The highest BCUT2D eigenvalue weighted by Gasteiger charge is 2.31. The van der Waals surface area contributed by atoms with Crippen LogP contribution in [0.1, 0.15) is 60.3 Å². The first-order valence-corrected chi connectivity index (χ1v) is 11.1. The number of carbonyl (C=O) groups excluding carboxylic acids is 1. The highest BCUT2D eigenvalue weighted by Crippen LogP contribution is 2.33. The zero-order valence-corrected chi connectivity index (χ0v) is 17.0. The minimum Gasteiger partial charge on any atom is -0.476 e. The molecule has 0 radical (unpaired) electrons. The molecule has 1 aromatic carbocycles. The van der Waals surface area contributed by atoms with E-state index in [0.717, 1.165) is 17.2 Å². The van der Waals surface area contributed by atoms with Crippen molar-refractivity contribution in [1.82, 2.24) is 9.88 Å². The van der Waals surface area contributed by atoms with Crippen molar-refractivity contribution in [2.45, 2.75) is 49.4 Å². The van der Waals surface area contributed by atoms with E-state index in [1.807, 2.05) is 4.90 Å². The summed E-state index contributed by atoms with van der Waals surface area (Å²) in [5.74, 6) is -0.0973. The Morgan fingerprint density at radius 1 is 1.37 bits per heavy atom. The smallest absolute Gasteiger partial charge is 0.355 e. The van der Waals surface area contributed by atoms with Crippen LogP contribution >= 0.6 is 23.1 Å². The van der Waals surface area contributed by atoms with Crippen molar-refractivity contribution in [2.75, 3.05) is 12.3 Å². The molecule has 144 valence electrons. The van der Waals surface area contributed by atoms with Gasteiger partial charge in [0.2, 0.25) is 5.91 Å². The van der Waals surface area contributed by atoms with Crippen LogP contribution in [-0.4, -0.2) is 39.2 Å². The summed E-state index contributed by atoms with van der Waals surface area (Å²) < 4.78 is 0.732. The van der Waals surface area contributed by atoms with Crippen LogP contribution in [0.3, 0.4) is 0 Å².